The summed E-state index contributed by atoms with van der Waals surface area (Å²) < 4.78 is 18.4. The Bertz CT molecular complexity index is 1740. The summed E-state index contributed by atoms with van der Waals surface area (Å²) >= 11 is 0. The average Bonchev–Trinajstić information content (AvgIpc) is 3.56. The number of rotatable bonds is 5. The van der Waals surface area contributed by atoms with E-state index in [1.165, 1.54) is 6.07 Å². The second-order valence-corrected chi connectivity index (χ2v) is 8.43. The average molecular weight is 469 g/mol. The Hall–Kier alpha value is -4.57. The van der Waals surface area contributed by atoms with Crippen LogP contribution in [0.15, 0.2) is 71.7 Å². The molecule has 9 nitrogen and oxygen atoms in total. The zero-order chi connectivity index (χ0) is 24.1. The lowest BCUT2D eigenvalue weighted by Gasteiger charge is -2.10. The third kappa shape index (κ3) is 3.69. The van der Waals surface area contributed by atoms with Crippen LogP contribution in [0, 0.1) is 5.82 Å². The zero-order valence-corrected chi connectivity index (χ0v) is 18.6. The number of nitrogens with one attached hydrogen (secondary N) is 2. The Morgan fingerprint density at radius 3 is 2.63 bits per heavy atom. The van der Waals surface area contributed by atoms with Crippen molar-refractivity contribution in [1.82, 2.24) is 34.7 Å². The minimum Gasteiger partial charge on any atom is -0.389 e. The van der Waals surface area contributed by atoms with Crippen molar-refractivity contribution in [2.45, 2.75) is 19.6 Å². The zero-order valence-electron chi connectivity index (χ0n) is 18.6. The van der Waals surface area contributed by atoms with E-state index in [0.29, 0.717) is 34.3 Å². The highest BCUT2D eigenvalue weighted by atomic mass is 19.1. The number of hydrogen-bond acceptors (Lipinski definition) is 5. The molecule has 3 aromatic heterocycles. The first kappa shape index (κ1) is 21.0. The molecule has 174 valence electrons. The molecule has 1 unspecified atom stereocenters. The van der Waals surface area contributed by atoms with Crippen LogP contribution in [0.2, 0.25) is 0 Å². The molecule has 6 rings (SSSR count). The van der Waals surface area contributed by atoms with Gasteiger partial charge in [0, 0.05) is 11.8 Å². The maximum absolute atomic E-state index is 15.1. The Kier molecular flexibility index (Phi) is 4.82. The molecule has 0 amide bonds. The maximum Gasteiger partial charge on any atom is 0.323 e. The fourth-order valence-corrected chi connectivity index (χ4v) is 4.25. The monoisotopic (exact) mass is 469 g/mol. The first-order valence-electron chi connectivity index (χ1n) is 11.0. The second-order valence-electron chi connectivity index (χ2n) is 8.43. The number of aromatic amines is 2. The number of hydrogen-bond donors (Lipinski definition) is 3. The topological polar surface area (TPSA) is 117 Å². The molecule has 0 radical (unpaired) electrons. The molecule has 0 saturated heterocycles. The van der Waals surface area contributed by atoms with Crippen molar-refractivity contribution in [3.8, 4) is 16.9 Å². The number of halogens is 1. The van der Waals surface area contributed by atoms with Gasteiger partial charge in [0.1, 0.15) is 5.52 Å². The third-order valence-corrected chi connectivity index (χ3v) is 6.06. The molecule has 3 heterocycles. The van der Waals surface area contributed by atoms with Crippen LogP contribution in [0.1, 0.15) is 24.2 Å². The predicted molar refractivity (Wildman–Crippen MR) is 129 cm³/mol. The van der Waals surface area contributed by atoms with Gasteiger partial charge in [-0.05, 0) is 54.4 Å². The number of H-pyrrole nitrogens is 2. The van der Waals surface area contributed by atoms with Gasteiger partial charge in [0.25, 0.3) is 0 Å². The van der Waals surface area contributed by atoms with Crippen LogP contribution in [0.4, 0.5) is 4.39 Å². The van der Waals surface area contributed by atoms with Crippen molar-refractivity contribution < 1.29 is 9.50 Å². The van der Waals surface area contributed by atoms with Gasteiger partial charge < -0.3 is 15.1 Å². The molecule has 10 heteroatoms. The number of aliphatic hydroxyl groups excluding tert-OH is 1. The minimum absolute atomic E-state index is 0.149. The van der Waals surface area contributed by atoms with E-state index in [1.807, 2.05) is 36.4 Å². The first-order valence-corrected chi connectivity index (χ1v) is 11.0. The smallest absolute Gasteiger partial charge is 0.323 e. The van der Waals surface area contributed by atoms with Gasteiger partial charge in [-0.25, -0.2) is 13.9 Å². The highest BCUT2D eigenvalue weighted by Crippen LogP contribution is 2.28. The Morgan fingerprint density at radius 1 is 1.03 bits per heavy atom. The third-order valence-electron chi connectivity index (χ3n) is 6.06. The van der Waals surface area contributed by atoms with Crippen molar-refractivity contribution >= 4 is 22.1 Å². The second kappa shape index (κ2) is 8.03. The van der Waals surface area contributed by atoms with E-state index >= 15 is 4.39 Å². The van der Waals surface area contributed by atoms with Crippen LogP contribution >= 0.6 is 0 Å². The molecule has 3 N–H and O–H groups in total. The standard InChI is InChI=1S/C25H20FN7O2/c1-14(34)16-4-2-15(3-5-16)13-32-22(8-9-27-32)17-10-19(26)24-23(11-17)33(31-30-24)18-6-7-20-21(12-18)29-25(35)28-20/h2-12,14,34H,13H2,1H3,(H2,28,29,35). The lowest BCUT2D eigenvalue weighted by Crippen LogP contribution is -2.04. The molecular weight excluding hydrogens is 449 g/mol. The SMILES string of the molecule is CC(O)c1ccc(Cn2nccc2-c2cc(F)c3nnn(-c4ccc5[nH]c(=O)[nH]c5c4)c3c2)cc1. The minimum atomic E-state index is -0.532. The van der Waals surface area contributed by atoms with Crippen LogP contribution in [-0.4, -0.2) is 39.8 Å². The molecule has 0 spiro atoms. The highest BCUT2D eigenvalue weighted by molar-refractivity contribution is 5.84. The molecule has 1 atom stereocenters. The van der Waals surface area contributed by atoms with Crippen molar-refractivity contribution in [1.29, 1.82) is 0 Å². The highest BCUT2D eigenvalue weighted by Gasteiger charge is 2.16. The molecular formula is C25H20FN7O2. The van der Waals surface area contributed by atoms with Gasteiger partial charge in [-0.15, -0.1) is 5.10 Å². The molecule has 0 bridgehead atoms. The van der Waals surface area contributed by atoms with E-state index in [0.717, 1.165) is 16.8 Å². The van der Waals surface area contributed by atoms with Gasteiger partial charge in [0.15, 0.2) is 5.82 Å². The molecule has 3 aromatic carbocycles. The largest absolute Gasteiger partial charge is 0.389 e. The van der Waals surface area contributed by atoms with Crippen LogP contribution in [-0.2, 0) is 6.54 Å². The number of fused-ring (bicyclic) bond motifs is 2. The molecule has 0 aliphatic rings. The van der Waals surface area contributed by atoms with E-state index in [2.05, 4.69) is 25.4 Å². The van der Waals surface area contributed by atoms with E-state index in [9.17, 15) is 9.90 Å². The van der Waals surface area contributed by atoms with Gasteiger partial charge in [0.2, 0.25) is 0 Å². The number of aliphatic hydroxyl groups is 1. The molecule has 6 aromatic rings. The summed E-state index contributed by atoms with van der Waals surface area (Å²) in [4.78, 5) is 17.0. The number of benzene rings is 3. The summed E-state index contributed by atoms with van der Waals surface area (Å²) in [5.74, 6) is -0.492. The Morgan fingerprint density at radius 2 is 1.83 bits per heavy atom. The van der Waals surface area contributed by atoms with Gasteiger partial charge in [-0.3, -0.25) is 4.68 Å². The lowest BCUT2D eigenvalue weighted by molar-refractivity contribution is 0.199. The van der Waals surface area contributed by atoms with E-state index < -0.39 is 11.9 Å². The maximum atomic E-state index is 15.1. The van der Waals surface area contributed by atoms with Crippen molar-refractivity contribution in [2.24, 2.45) is 0 Å². The Labute approximate surface area is 197 Å². The summed E-state index contributed by atoms with van der Waals surface area (Å²) in [7, 11) is 0. The Balaban J connectivity index is 1.41. The number of aromatic nitrogens is 7. The van der Waals surface area contributed by atoms with Crippen molar-refractivity contribution in [3.63, 3.8) is 0 Å². The van der Waals surface area contributed by atoms with E-state index in [1.54, 1.807) is 40.7 Å². The normalized spacial score (nSPS) is 12.5. The van der Waals surface area contributed by atoms with E-state index in [-0.39, 0.29) is 11.2 Å². The van der Waals surface area contributed by atoms with Gasteiger partial charge in [0.05, 0.1) is 40.6 Å². The van der Waals surface area contributed by atoms with Crippen LogP contribution in [0.5, 0.6) is 0 Å². The molecule has 0 fully saturated rings. The number of nitrogens with zero attached hydrogens (tertiary/aromatic N) is 5. The summed E-state index contributed by atoms with van der Waals surface area (Å²) in [6.07, 6.45) is 1.14. The summed E-state index contributed by atoms with van der Waals surface area (Å²) in [6.45, 7) is 2.21. The van der Waals surface area contributed by atoms with Gasteiger partial charge >= 0.3 is 5.69 Å². The molecule has 0 saturated carbocycles. The summed E-state index contributed by atoms with van der Waals surface area (Å²) in [5.41, 5.74) is 5.47. The quantitative estimate of drug-likeness (QED) is 0.356. The van der Waals surface area contributed by atoms with Crippen LogP contribution in [0.25, 0.3) is 39.0 Å². The predicted octanol–water partition coefficient (Wildman–Crippen LogP) is 3.69. The number of imidazole rings is 1. The lowest BCUT2D eigenvalue weighted by atomic mass is 10.1. The van der Waals surface area contributed by atoms with Crippen molar-refractivity contribution in [2.75, 3.05) is 0 Å². The fraction of sp³-hybridized carbons (Fsp3) is 0.120. The fourth-order valence-electron chi connectivity index (χ4n) is 4.25. The van der Waals surface area contributed by atoms with E-state index in [4.69, 9.17) is 0 Å². The van der Waals surface area contributed by atoms with Crippen LogP contribution < -0.4 is 5.69 Å². The summed E-state index contributed by atoms with van der Waals surface area (Å²) in [6, 6.07) is 18.0. The summed E-state index contributed by atoms with van der Waals surface area (Å²) in [5, 5.41) is 22.4. The van der Waals surface area contributed by atoms with Crippen molar-refractivity contribution in [3.05, 3.63) is 94.3 Å². The molecule has 0 aliphatic heterocycles. The molecule has 35 heavy (non-hydrogen) atoms. The molecule has 0 aliphatic carbocycles. The van der Waals surface area contributed by atoms with Gasteiger partial charge in [-0.1, -0.05) is 29.5 Å². The van der Waals surface area contributed by atoms with Crippen LogP contribution in [0.3, 0.4) is 0 Å². The first-order chi connectivity index (χ1) is 17.0. The van der Waals surface area contributed by atoms with Gasteiger partial charge in [-0.2, -0.15) is 5.10 Å².